The van der Waals surface area contributed by atoms with Crippen molar-refractivity contribution in [2.75, 3.05) is 13.2 Å². The molecule has 2 rings (SSSR count). The maximum absolute atomic E-state index is 5.35. The number of hydrogen-bond acceptors (Lipinski definition) is 2. The van der Waals surface area contributed by atoms with E-state index in [0.29, 0.717) is 6.61 Å². The van der Waals surface area contributed by atoms with E-state index in [1.165, 1.54) is 5.56 Å². The molecule has 1 unspecified atom stereocenters. The van der Waals surface area contributed by atoms with Crippen molar-refractivity contribution in [2.24, 2.45) is 0 Å². The van der Waals surface area contributed by atoms with Crippen molar-refractivity contribution in [3.8, 4) is 5.75 Å². The van der Waals surface area contributed by atoms with Gasteiger partial charge >= 0.3 is 0 Å². The summed E-state index contributed by atoms with van der Waals surface area (Å²) < 4.78 is 10.7. The Morgan fingerprint density at radius 2 is 2.00 bits per heavy atom. The number of epoxide rings is 1. The standard InChI is InChI=1S/C11H14O2/c1-3-12-10-6-4-9(5-7-10)11(2)8-13-11/h4-7H,3,8H2,1-2H3. The molecule has 0 radical (unpaired) electrons. The zero-order valence-electron chi connectivity index (χ0n) is 8.04. The van der Waals surface area contributed by atoms with Gasteiger partial charge in [-0.25, -0.2) is 0 Å². The molecule has 0 aliphatic carbocycles. The molecule has 0 N–H and O–H groups in total. The van der Waals surface area contributed by atoms with Crippen molar-refractivity contribution in [2.45, 2.75) is 19.4 Å². The number of rotatable bonds is 3. The van der Waals surface area contributed by atoms with Gasteiger partial charge in [-0.05, 0) is 31.5 Å². The van der Waals surface area contributed by atoms with Crippen LogP contribution in [0.3, 0.4) is 0 Å². The van der Waals surface area contributed by atoms with E-state index in [1.54, 1.807) is 0 Å². The van der Waals surface area contributed by atoms with Crippen LogP contribution in [0.2, 0.25) is 0 Å². The van der Waals surface area contributed by atoms with Gasteiger partial charge in [0.1, 0.15) is 11.4 Å². The molecule has 0 saturated carbocycles. The third-order valence-corrected chi connectivity index (χ3v) is 2.35. The van der Waals surface area contributed by atoms with Gasteiger partial charge in [0.2, 0.25) is 0 Å². The first-order valence-corrected chi connectivity index (χ1v) is 4.62. The van der Waals surface area contributed by atoms with Gasteiger partial charge < -0.3 is 9.47 Å². The molecule has 70 valence electrons. The second-order valence-corrected chi connectivity index (χ2v) is 3.48. The largest absolute Gasteiger partial charge is 0.494 e. The highest BCUT2D eigenvalue weighted by atomic mass is 16.6. The van der Waals surface area contributed by atoms with E-state index in [0.717, 1.165) is 12.4 Å². The molecular formula is C11H14O2. The van der Waals surface area contributed by atoms with E-state index in [-0.39, 0.29) is 5.60 Å². The monoisotopic (exact) mass is 178 g/mol. The fourth-order valence-electron chi connectivity index (χ4n) is 1.35. The van der Waals surface area contributed by atoms with Crippen LogP contribution in [0.15, 0.2) is 24.3 Å². The Morgan fingerprint density at radius 1 is 1.38 bits per heavy atom. The molecule has 1 heterocycles. The average molecular weight is 178 g/mol. The zero-order valence-corrected chi connectivity index (χ0v) is 8.04. The van der Waals surface area contributed by atoms with Gasteiger partial charge in [0.25, 0.3) is 0 Å². The summed E-state index contributed by atoms with van der Waals surface area (Å²) in [7, 11) is 0. The predicted molar refractivity (Wildman–Crippen MR) is 50.9 cm³/mol. The maximum Gasteiger partial charge on any atom is 0.119 e. The van der Waals surface area contributed by atoms with Gasteiger partial charge in [-0.2, -0.15) is 0 Å². The molecule has 0 bridgehead atoms. The van der Waals surface area contributed by atoms with Crippen molar-refractivity contribution in [3.63, 3.8) is 0 Å². The Labute approximate surface area is 78.5 Å². The lowest BCUT2D eigenvalue weighted by molar-refractivity contribution is 0.327. The Hall–Kier alpha value is -1.02. The van der Waals surface area contributed by atoms with Crippen LogP contribution in [0.5, 0.6) is 5.75 Å². The number of ether oxygens (including phenoxy) is 2. The lowest BCUT2D eigenvalue weighted by atomic mass is 10.0. The van der Waals surface area contributed by atoms with Crippen molar-refractivity contribution in [1.29, 1.82) is 0 Å². The van der Waals surface area contributed by atoms with E-state index in [2.05, 4.69) is 19.1 Å². The molecule has 2 heteroatoms. The lowest BCUT2D eigenvalue weighted by Gasteiger charge is -2.07. The van der Waals surface area contributed by atoms with E-state index in [9.17, 15) is 0 Å². The van der Waals surface area contributed by atoms with E-state index >= 15 is 0 Å². The Kier molecular flexibility index (Phi) is 2.00. The second-order valence-electron chi connectivity index (χ2n) is 3.48. The van der Waals surface area contributed by atoms with Crippen LogP contribution in [0, 0.1) is 0 Å². The second kappa shape index (κ2) is 3.04. The van der Waals surface area contributed by atoms with Crippen LogP contribution < -0.4 is 4.74 Å². The zero-order chi connectivity index (χ0) is 9.31. The minimum atomic E-state index is -0.0231. The van der Waals surface area contributed by atoms with Gasteiger partial charge in [0.15, 0.2) is 0 Å². The van der Waals surface area contributed by atoms with E-state index < -0.39 is 0 Å². The Balaban J connectivity index is 2.14. The lowest BCUT2D eigenvalue weighted by Crippen LogP contribution is -2.01. The molecule has 0 spiro atoms. The van der Waals surface area contributed by atoms with Gasteiger partial charge in [-0.3, -0.25) is 0 Å². The predicted octanol–water partition coefficient (Wildman–Crippen LogP) is 2.33. The molecule has 1 saturated heterocycles. The summed E-state index contributed by atoms with van der Waals surface area (Å²) in [5.74, 6) is 0.926. The highest BCUT2D eigenvalue weighted by Crippen LogP contribution is 2.38. The van der Waals surface area contributed by atoms with Crippen LogP contribution in [-0.2, 0) is 10.3 Å². The molecule has 2 nitrogen and oxygen atoms in total. The van der Waals surface area contributed by atoms with Gasteiger partial charge in [0.05, 0.1) is 13.2 Å². The first kappa shape index (κ1) is 8.57. The Bertz CT molecular complexity index is 285. The van der Waals surface area contributed by atoms with E-state index in [1.807, 2.05) is 19.1 Å². The molecule has 13 heavy (non-hydrogen) atoms. The van der Waals surface area contributed by atoms with Gasteiger partial charge in [-0.1, -0.05) is 12.1 Å². The highest BCUT2D eigenvalue weighted by molar-refractivity contribution is 5.32. The van der Waals surface area contributed by atoms with Gasteiger partial charge in [-0.15, -0.1) is 0 Å². The molecular weight excluding hydrogens is 164 g/mol. The van der Waals surface area contributed by atoms with Crippen molar-refractivity contribution >= 4 is 0 Å². The Morgan fingerprint density at radius 3 is 2.46 bits per heavy atom. The molecule has 1 atom stereocenters. The summed E-state index contributed by atoms with van der Waals surface area (Å²) in [5, 5.41) is 0. The number of hydrogen-bond donors (Lipinski definition) is 0. The third kappa shape index (κ3) is 1.68. The SMILES string of the molecule is CCOc1ccc(C2(C)CO2)cc1. The average Bonchev–Trinajstić information content (AvgIpc) is 2.87. The van der Waals surface area contributed by atoms with Crippen LogP contribution in [0.1, 0.15) is 19.4 Å². The summed E-state index contributed by atoms with van der Waals surface area (Å²) in [6.45, 7) is 5.63. The van der Waals surface area contributed by atoms with Crippen LogP contribution >= 0.6 is 0 Å². The fraction of sp³-hybridized carbons (Fsp3) is 0.455. The molecule has 1 aromatic carbocycles. The first-order valence-electron chi connectivity index (χ1n) is 4.62. The normalized spacial score (nSPS) is 25.7. The first-order chi connectivity index (χ1) is 6.24. The fourth-order valence-corrected chi connectivity index (χ4v) is 1.35. The van der Waals surface area contributed by atoms with Crippen molar-refractivity contribution in [3.05, 3.63) is 29.8 Å². The maximum atomic E-state index is 5.35. The minimum absolute atomic E-state index is 0.0231. The highest BCUT2D eigenvalue weighted by Gasteiger charge is 2.40. The summed E-state index contributed by atoms with van der Waals surface area (Å²) in [4.78, 5) is 0. The summed E-state index contributed by atoms with van der Waals surface area (Å²) >= 11 is 0. The smallest absolute Gasteiger partial charge is 0.119 e. The van der Waals surface area contributed by atoms with Crippen molar-refractivity contribution < 1.29 is 9.47 Å². The van der Waals surface area contributed by atoms with E-state index in [4.69, 9.17) is 9.47 Å². The molecule has 0 amide bonds. The summed E-state index contributed by atoms with van der Waals surface area (Å²) in [5.41, 5.74) is 1.21. The minimum Gasteiger partial charge on any atom is -0.494 e. The van der Waals surface area contributed by atoms with Gasteiger partial charge in [0, 0.05) is 0 Å². The van der Waals surface area contributed by atoms with Crippen LogP contribution in [-0.4, -0.2) is 13.2 Å². The van der Waals surface area contributed by atoms with Crippen LogP contribution in [0.4, 0.5) is 0 Å². The third-order valence-electron chi connectivity index (χ3n) is 2.35. The molecule has 1 aliphatic rings. The molecule has 1 fully saturated rings. The molecule has 1 aliphatic heterocycles. The molecule has 0 aromatic heterocycles. The topological polar surface area (TPSA) is 21.8 Å². The quantitative estimate of drug-likeness (QED) is 0.662. The molecule has 1 aromatic rings. The summed E-state index contributed by atoms with van der Waals surface area (Å²) in [6, 6.07) is 8.12. The summed E-state index contributed by atoms with van der Waals surface area (Å²) in [6.07, 6.45) is 0. The number of benzene rings is 1. The van der Waals surface area contributed by atoms with Crippen molar-refractivity contribution in [1.82, 2.24) is 0 Å². The van der Waals surface area contributed by atoms with Crippen LogP contribution in [0.25, 0.3) is 0 Å².